The molecule has 0 spiro atoms. The van der Waals surface area contributed by atoms with Crippen molar-refractivity contribution < 1.29 is 18.3 Å². The molecule has 0 radical (unpaired) electrons. The van der Waals surface area contributed by atoms with E-state index in [0.29, 0.717) is 35.3 Å². The second-order valence-corrected chi connectivity index (χ2v) is 9.96. The summed E-state index contributed by atoms with van der Waals surface area (Å²) in [6, 6.07) is 14.7. The van der Waals surface area contributed by atoms with Crippen LogP contribution in [0.3, 0.4) is 0 Å². The van der Waals surface area contributed by atoms with Gasteiger partial charge in [-0.1, -0.05) is 0 Å². The lowest BCUT2D eigenvalue weighted by Gasteiger charge is -2.34. The number of benzene rings is 2. The van der Waals surface area contributed by atoms with E-state index in [-0.39, 0.29) is 30.7 Å². The van der Waals surface area contributed by atoms with Crippen molar-refractivity contribution in [3.63, 3.8) is 0 Å². The molecule has 0 bridgehead atoms. The lowest BCUT2D eigenvalue weighted by atomic mass is 9.92. The average Bonchev–Trinajstić information content (AvgIpc) is 2.96. The molecule has 0 unspecified atom stereocenters. The van der Waals surface area contributed by atoms with Crippen molar-refractivity contribution in [2.45, 2.75) is 70.1 Å². The van der Waals surface area contributed by atoms with Gasteiger partial charge in [0, 0.05) is 47.7 Å². The van der Waals surface area contributed by atoms with Crippen LogP contribution < -0.4 is 10.6 Å². The Morgan fingerprint density at radius 2 is 1.34 bits per heavy atom. The fourth-order valence-corrected chi connectivity index (χ4v) is 5.21. The maximum Gasteiger partial charge on any atom is 0.248 e. The molecule has 1 aliphatic carbocycles. The third kappa shape index (κ3) is 6.99. The van der Waals surface area contributed by atoms with Crippen LogP contribution in [0, 0.1) is 22.7 Å². The summed E-state index contributed by atoms with van der Waals surface area (Å²) in [6.45, 7) is -0.00409. The lowest BCUT2D eigenvalue weighted by Crippen LogP contribution is -2.44. The van der Waals surface area contributed by atoms with Gasteiger partial charge in [-0.15, -0.1) is 0 Å². The molecule has 38 heavy (non-hydrogen) atoms. The number of hydrogen-bond donors (Lipinski definition) is 2. The second-order valence-electron chi connectivity index (χ2n) is 9.96. The molecule has 2 aromatic carbocycles. The molecule has 1 saturated heterocycles. The van der Waals surface area contributed by atoms with Crippen molar-refractivity contribution in [3.05, 3.63) is 58.7 Å². The van der Waals surface area contributed by atoms with Gasteiger partial charge in [0.2, 0.25) is 5.91 Å². The zero-order valence-electron chi connectivity index (χ0n) is 21.4. The van der Waals surface area contributed by atoms with Gasteiger partial charge in [-0.2, -0.15) is 10.5 Å². The number of alkyl halides is 2. The van der Waals surface area contributed by atoms with Crippen LogP contribution in [0.2, 0.25) is 0 Å². The number of nitriles is 2. The van der Waals surface area contributed by atoms with Gasteiger partial charge in [-0.25, -0.2) is 8.78 Å². The van der Waals surface area contributed by atoms with Gasteiger partial charge in [0.15, 0.2) is 0 Å². The SMILES string of the molecule is N#Cc1ccc(NC2CCC(OCC(=O)N3CCC(Nc4ccc(C#N)c(CF)c4)CC3)CC2)cc1CF. The zero-order chi connectivity index (χ0) is 26.9. The molecule has 0 aromatic heterocycles. The standard InChI is InChI=1S/C29H33F2N5O2/c30-15-22-13-26(3-1-20(22)17-32)34-24-5-7-28(8-6-24)38-19-29(37)36-11-9-25(10-12-36)35-27-4-2-21(18-33)23(14-27)16-31/h1-4,13-14,24-25,28,34-35H,5-12,15-16,19H2. The number of rotatable bonds is 9. The normalized spacial score (nSPS) is 19.8. The number of ether oxygens (including phenoxy) is 1. The number of halogens is 2. The van der Waals surface area contributed by atoms with E-state index in [0.717, 1.165) is 49.9 Å². The molecule has 200 valence electrons. The first kappa shape index (κ1) is 27.3. The maximum absolute atomic E-state index is 13.2. The Morgan fingerprint density at radius 1 is 0.842 bits per heavy atom. The van der Waals surface area contributed by atoms with E-state index in [1.807, 2.05) is 23.1 Å². The largest absolute Gasteiger partial charge is 0.382 e. The number of hydrogen-bond acceptors (Lipinski definition) is 6. The number of nitrogens with one attached hydrogen (secondary N) is 2. The Balaban J connectivity index is 1.15. The predicted octanol–water partition coefficient (Wildman–Crippen LogP) is 5.21. The number of nitrogens with zero attached hydrogens (tertiary/aromatic N) is 3. The van der Waals surface area contributed by atoms with Gasteiger partial charge in [-0.3, -0.25) is 4.79 Å². The van der Waals surface area contributed by atoms with E-state index in [4.69, 9.17) is 15.3 Å². The predicted molar refractivity (Wildman–Crippen MR) is 141 cm³/mol. The highest BCUT2D eigenvalue weighted by molar-refractivity contribution is 5.77. The molecule has 9 heteroatoms. The third-order valence-corrected chi connectivity index (χ3v) is 7.45. The Morgan fingerprint density at radius 3 is 1.82 bits per heavy atom. The summed E-state index contributed by atoms with van der Waals surface area (Å²) in [6.07, 6.45) is 5.07. The minimum absolute atomic E-state index is 0.00174. The van der Waals surface area contributed by atoms with Gasteiger partial charge >= 0.3 is 0 Å². The number of carbonyl (C=O) groups is 1. The smallest absolute Gasteiger partial charge is 0.248 e. The van der Waals surface area contributed by atoms with Crippen molar-refractivity contribution in [2.24, 2.45) is 0 Å². The van der Waals surface area contributed by atoms with Gasteiger partial charge in [0.25, 0.3) is 0 Å². The minimum Gasteiger partial charge on any atom is -0.382 e. The van der Waals surface area contributed by atoms with Crippen LogP contribution in [-0.2, 0) is 22.9 Å². The summed E-state index contributed by atoms with van der Waals surface area (Å²) in [5, 5.41) is 25.0. The summed E-state index contributed by atoms with van der Waals surface area (Å²) in [4.78, 5) is 14.6. The van der Waals surface area contributed by atoms with Crippen LogP contribution in [0.1, 0.15) is 60.8 Å². The van der Waals surface area contributed by atoms with E-state index in [1.54, 1.807) is 30.3 Å². The Kier molecular flexibility index (Phi) is 9.51. The summed E-state index contributed by atoms with van der Waals surface area (Å²) >= 11 is 0. The molecule has 2 N–H and O–H groups in total. The highest BCUT2D eigenvalue weighted by Crippen LogP contribution is 2.26. The Bertz CT molecular complexity index is 1190. The van der Waals surface area contributed by atoms with Gasteiger partial charge in [-0.05, 0) is 74.9 Å². The fourth-order valence-electron chi connectivity index (χ4n) is 5.21. The van der Waals surface area contributed by atoms with E-state index in [9.17, 15) is 13.6 Å². The quantitative estimate of drug-likeness (QED) is 0.470. The van der Waals surface area contributed by atoms with Gasteiger partial charge in [0.05, 0.1) is 29.4 Å². The third-order valence-electron chi connectivity index (χ3n) is 7.45. The van der Waals surface area contributed by atoms with Crippen LogP contribution in [0.4, 0.5) is 20.2 Å². The first-order valence-electron chi connectivity index (χ1n) is 13.1. The second kappa shape index (κ2) is 13.2. The number of amides is 1. The molecule has 2 aliphatic rings. The molecule has 1 amide bonds. The molecular formula is C29H33F2N5O2. The van der Waals surface area contributed by atoms with Crippen molar-refractivity contribution in [1.82, 2.24) is 4.90 Å². The van der Waals surface area contributed by atoms with Crippen LogP contribution in [0.5, 0.6) is 0 Å². The summed E-state index contributed by atoms with van der Waals surface area (Å²) in [5.74, 6) is -0.00174. The van der Waals surface area contributed by atoms with E-state index in [1.165, 1.54) is 0 Å². The summed E-state index contributed by atoms with van der Waals surface area (Å²) < 4.78 is 32.3. The molecule has 1 aliphatic heterocycles. The fraction of sp³-hybridized carbons (Fsp3) is 0.483. The molecule has 0 atom stereocenters. The van der Waals surface area contributed by atoms with Gasteiger partial charge in [0.1, 0.15) is 20.0 Å². The number of piperidine rings is 1. The first-order chi connectivity index (χ1) is 18.5. The minimum atomic E-state index is -0.679. The Hall–Kier alpha value is -3.69. The van der Waals surface area contributed by atoms with Gasteiger partial charge < -0.3 is 20.3 Å². The molecule has 2 fully saturated rings. The zero-order valence-corrected chi connectivity index (χ0v) is 21.4. The summed E-state index contributed by atoms with van der Waals surface area (Å²) in [7, 11) is 0. The van der Waals surface area contributed by atoms with Crippen molar-refractivity contribution >= 4 is 17.3 Å². The van der Waals surface area contributed by atoms with Crippen molar-refractivity contribution in [2.75, 3.05) is 30.3 Å². The molecule has 7 nitrogen and oxygen atoms in total. The topological polar surface area (TPSA) is 101 Å². The highest BCUT2D eigenvalue weighted by atomic mass is 19.1. The van der Waals surface area contributed by atoms with Crippen LogP contribution in [0.25, 0.3) is 0 Å². The first-order valence-corrected chi connectivity index (χ1v) is 13.1. The molecule has 2 aromatic rings. The Labute approximate surface area is 222 Å². The monoisotopic (exact) mass is 521 g/mol. The molecule has 1 saturated carbocycles. The molecule has 1 heterocycles. The maximum atomic E-state index is 13.2. The highest BCUT2D eigenvalue weighted by Gasteiger charge is 2.26. The van der Waals surface area contributed by atoms with Crippen molar-refractivity contribution in [1.29, 1.82) is 10.5 Å². The molecule has 4 rings (SSSR count). The number of likely N-dealkylation sites (tertiary alicyclic amines) is 1. The summed E-state index contributed by atoms with van der Waals surface area (Å²) in [5.41, 5.74) is 3.09. The van der Waals surface area contributed by atoms with Crippen LogP contribution in [-0.4, -0.2) is 48.7 Å². The van der Waals surface area contributed by atoms with Crippen LogP contribution in [0.15, 0.2) is 36.4 Å². The molecular weight excluding hydrogens is 488 g/mol. The lowest BCUT2D eigenvalue weighted by molar-refractivity contribution is -0.139. The van der Waals surface area contributed by atoms with E-state index < -0.39 is 13.3 Å². The number of anilines is 2. The van der Waals surface area contributed by atoms with E-state index in [2.05, 4.69) is 10.6 Å². The van der Waals surface area contributed by atoms with Crippen molar-refractivity contribution in [3.8, 4) is 12.1 Å². The number of carbonyl (C=O) groups excluding carboxylic acids is 1. The van der Waals surface area contributed by atoms with E-state index >= 15 is 0 Å². The van der Waals surface area contributed by atoms with Crippen LogP contribution >= 0.6 is 0 Å². The average molecular weight is 522 g/mol.